The molecule has 4 rings (SSSR count). The Morgan fingerprint density at radius 1 is 1.16 bits per heavy atom. The Bertz CT molecular complexity index is 1140. The summed E-state index contributed by atoms with van der Waals surface area (Å²) in [5.41, 5.74) is 2.16. The summed E-state index contributed by atoms with van der Waals surface area (Å²) in [6, 6.07) is 12.0. The van der Waals surface area contributed by atoms with Gasteiger partial charge >= 0.3 is 10.1 Å². The molecule has 0 amide bonds. The maximum atomic E-state index is 12.5. The Morgan fingerprint density at radius 2 is 1.96 bits per heavy atom. The molecule has 0 fully saturated rings. The van der Waals surface area contributed by atoms with E-state index in [-0.39, 0.29) is 23.0 Å². The lowest BCUT2D eigenvalue weighted by Gasteiger charge is -2.03. The number of ether oxygens (including phenoxy) is 1. The lowest BCUT2D eigenvalue weighted by atomic mass is 10.1. The number of hydrogen-bond acceptors (Lipinski definition) is 5. The number of ketones is 1. The predicted molar refractivity (Wildman–Crippen MR) is 93.1 cm³/mol. The third kappa shape index (κ3) is 2.89. The first-order valence-corrected chi connectivity index (χ1v) is 9.26. The zero-order valence-electron chi connectivity index (χ0n) is 13.1. The molecule has 7 heteroatoms. The Hall–Kier alpha value is -3.06. The zero-order chi connectivity index (χ0) is 17.6. The fraction of sp³-hybridized carbons (Fsp3) is 0.0556. The van der Waals surface area contributed by atoms with Crippen LogP contribution in [0, 0.1) is 0 Å². The van der Waals surface area contributed by atoms with Crippen molar-refractivity contribution in [3.05, 3.63) is 65.5 Å². The lowest BCUT2D eigenvalue weighted by Crippen LogP contribution is -2.05. The summed E-state index contributed by atoms with van der Waals surface area (Å²) in [4.78, 5) is 15.6. The molecule has 1 N–H and O–H groups in total. The number of carbonyl (C=O) groups excluding carboxylic acids is 1. The van der Waals surface area contributed by atoms with Crippen LogP contribution in [0.15, 0.2) is 54.4 Å². The van der Waals surface area contributed by atoms with Gasteiger partial charge in [-0.1, -0.05) is 18.2 Å². The van der Waals surface area contributed by atoms with Gasteiger partial charge in [0.25, 0.3) is 0 Å². The van der Waals surface area contributed by atoms with Gasteiger partial charge < -0.3 is 13.9 Å². The summed E-state index contributed by atoms with van der Waals surface area (Å²) in [7, 11) is -3.65. The second-order valence-electron chi connectivity index (χ2n) is 5.67. The standard InChI is InChI=1S/C18H13NO5S/c1-25(21,22)24-12-6-7-14-16(9-12)23-17(18(14)20)8-11-10-19-15-5-3-2-4-13(11)15/h2-10,19H,1H3. The highest BCUT2D eigenvalue weighted by atomic mass is 32.2. The van der Waals surface area contributed by atoms with Gasteiger partial charge in [0.2, 0.25) is 5.78 Å². The average Bonchev–Trinajstić information content (AvgIpc) is 3.08. The lowest BCUT2D eigenvalue weighted by molar-refractivity contribution is 0.101. The first-order valence-electron chi connectivity index (χ1n) is 7.44. The van der Waals surface area contributed by atoms with Crippen LogP contribution in [0.3, 0.4) is 0 Å². The van der Waals surface area contributed by atoms with Crippen molar-refractivity contribution in [1.29, 1.82) is 0 Å². The van der Waals surface area contributed by atoms with Crippen molar-refractivity contribution in [2.75, 3.05) is 6.26 Å². The molecule has 1 aromatic heterocycles. The van der Waals surface area contributed by atoms with Crippen LogP contribution >= 0.6 is 0 Å². The molecule has 0 atom stereocenters. The molecule has 1 aliphatic rings. The quantitative estimate of drug-likeness (QED) is 0.576. The van der Waals surface area contributed by atoms with E-state index in [1.807, 2.05) is 24.3 Å². The summed E-state index contributed by atoms with van der Waals surface area (Å²) in [6.45, 7) is 0. The Morgan fingerprint density at radius 3 is 2.76 bits per heavy atom. The van der Waals surface area contributed by atoms with Gasteiger partial charge in [-0.25, -0.2) is 0 Å². The molecule has 0 saturated carbocycles. The number of rotatable bonds is 3. The number of aromatic amines is 1. The van der Waals surface area contributed by atoms with E-state index in [9.17, 15) is 13.2 Å². The predicted octanol–water partition coefficient (Wildman–Crippen LogP) is 3.12. The molecule has 2 aromatic carbocycles. The maximum absolute atomic E-state index is 12.5. The fourth-order valence-electron chi connectivity index (χ4n) is 2.75. The molecule has 2 heterocycles. The van der Waals surface area contributed by atoms with Crippen molar-refractivity contribution >= 4 is 32.9 Å². The molecular weight excluding hydrogens is 342 g/mol. The Kier molecular flexibility index (Phi) is 3.40. The summed E-state index contributed by atoms with van der Waals surface area (Å²) < 4.78 is 32.9. The van der Waals surface area contributed by atoms with Gasteiger partial charge in [-0.05, 0) is 24.3 Å². The van der Waals surface area contributed by atoms with Crippen molar-refractivity contribution < 1.29 is 22.1 Å². The molecule has 6 nitrogen and oxygen atoms in total. The van der Waals surface area contributed by atoms with Gasteiger partial charge in [0.15, 0.2) is 5.76 Å². The van der Waals surface area contributed by atoms with Gasteiger partial charge in [-0.2, -0.15) is 8.42 Å². The van der Waals surface area contributed by atoms with Gasteiger partial charge in [-0.15, -0.1) is 0 Å². The first-order chi connectivity index (χ1) is 11.9. The largest absolute Gasteiger partial charge is 0.452 e. The van der Waals surface area contributed by atoms with E-state index in [0.717, 1.165) is 22.7 Å². The maximum Gasteiger partial charge on any atom is 0.306 e. The monoisotopic (exact) mass is 355 g/mol. The number of nitrogens with one attached hydrogen (secondary N) is 1. The van der Waals surface area contributed by atoms with Crippen molar-refractivity contribution in [2.45, 2.75) is 0 Å². The smallest absolute Gasteiger partial charge is 0.306 e. The van der Waals surface area contributed by atoms with Crippen LogP contribution in [-0.4, -0.2) is 25.4 Å². The minimum absolute atomic E-state index is 0.0994. The van der Waals surface area contributed by atoms with E-state index in [0.29, 0.717) is 5.56 Å². The molecule has 1 aliphatic heterocycles. The van der Waals surface area contributed by atoms with Crippen LogP contribution in [0.2, 0.25) is 0 Å². The summed E-state index contributed by atoms with van der Waals surface area (Å²) in [6.07, 6.45) is 4.42. The molecule has 0 radical (unpaired) electrons. The van der Waals surface area contributed by atoms with Gasteiger partial charge in [0.1, 0.15) is 11.5 Å². The number of H-pyrrole nitrogens is 1. The van der Waals surface area contributed by atoms with Crippen LogP contribution in [0.1, 0.15) is 15.9 Å². The van der Waals surface area contributed by atoms with Crippen molar-refractivity contribution in [2.24, 2.45) is 0 Å². The van der Waals surface area contributed by atoms with Crippen molar-refractivity contribution in [3.8, 4) is 11.5 Å². The number of aromatic nitrogens is 1. The summed E-state index contributed by atoms with van der Waals surface area (Å²) >= 11 is 0. The molecular formula is C18H13NO5S. The van der Waals surface area contributed by atoms with Crippen LogP contribution in [0.25, 0.3) is 17.0 Å². The van der Waals surface area contributed by atoms with Crippen LogP contribution in [0.4, 0.5) is 0 Å². The third-order valence-electron chi connectivity index (χ3n) is 3.80. The number of hydrogen-bond donors (Lipinski definition) is 1. The van der Waals surface area contributed by atoms with Crippen LogP contribution in [-0.2, 0) is 10.1 Å². The van der Waals surface area contributed by atoms with Crippen molar-refractivity contribution in [1.82, 2.24) is 4.98 Å². The van der Waals surface area contributed by atoms with Crippen LogP contribution in [0.5, 0.6) is 11.5 Å². The zero-order valence-corrected chi connectivity index (χ0v) is 14.0. The SMILES string of the molecule is CS(=O)(=O)Oc1ccc2c(c1)OC(=Cc1c[nH]c3ccccc13)C2=O. The number of carbonyl (C=O) groups is 1. The average molecular weight is 355 g/mol. The topological polar surface area (TPSA) is 85.5 Å². The molecule has 3 aromatic rings. The molecule has 126 valence electrons. The molecule has 0 aliphatic carbocycles. The number of fused-ring (bicyclic) bond motifs is 2. The molecule has 25 heavy (non-hydrogen) atoms. The molecule has 0 unspecified atom stereocenters. The van der Waals surface area contributed by atoms with Gasteiger partial charge in [-0.3, -0.25) is 4.79 Å². The van der Waals surface area contributed by atoms with E-state index < -0.39 is 10.1 Å². The fourth-order valence-corrected chi connectivity index (χ4v) is 3.20. The molecule has 0 bridgehead atoms. The van der Waals surface area contributed by atoms with E-state index in [4.69, 9.17) is 8.92 Å². The minimum Gasteiger partial charge on any atom is -0.452 e. The van der Waals surface area contributed by atoms with Gasteiger partial charge in [0, 0.05) is 28.7 Å². The van der Waals surface area contributed by atoms with E-state index >= 15 is 0 Å². The molecule has 0 saturated heterocycles. The van der Waals surface area contributed by atoms with Crippen LogP contribution < -0.4 is 8.92 Å². The Labute approximate surface area is 143 Å². The number of para-hydroxylation sites is 1. The second-order valence-corrected chi connectivity index (χ2v) is 7.25. The number of benzene rings is 2. The summed E-state index contributed by atoms with van der Waals surface area (Å²) in [5, 5.41) is 0.975. The number of allylic oxidation sites excluding steroid dienone is 1. The highest BCUT2D eigenvalue weighted by Gasteiger charge is 2.28. The van der Waals surface area contributed by atoms with Crippen molar-refractivity contribution in [3.63, 3.8) is 0 Å². The second kappa shape index (κ2) is 5.49. The normalized spacial score (nSPS) is 15.4. The van der Waals surface area contributed by atoms with Gasteiger partial charge in [0.05, 0.1) is 11.8 Å². The summed E-state index contributed by atoms with van der Waals surface area (Å²) in [5.74, 6) is 0.294. The highest BCUT2D eigenvalue weighted by Crippen LogP contribution is 2.35. The van der Waals surface area contributed by atoms with E-state index in [2.05, 4.69) is 4.98 Å². The van der Waals surface area contributed by atoms with E-state index in [1.165, 1.54) is 18.2 Å². The van der Waals surface area contributed by atoms with E-state index in [1.54, 1.807) is 12.3 Å². The first kappa shape index (κ1) is 15.5. The highest BCUT2D eigenvalue weighted by molar-refractivity contribution is 7.86. The molecule has 0 spiro atoms. The Balaban J connectivity index is 1.70. The number of Topliss-reactive ketones (excluding diaryl/α,β-unsaturated/α-hetero) is 1. The third-order valence-corrected chi connectivity index (χ3v) is 4.29. The minimum atomic E-state index is -3.65.